The van der Waals surface area contributed by atoms with E-state index in [1.165, 1.54) is 4.88 Å². The highest BCUT2D eigenvalue weighted by Crippen LogP contribution is 2.37. The first kappa shape index (κ1) is 18.1. The van der Waals surface area contributed by atoms with E-state index in [2.05, 4.69) is 30.4 Å². The molecule has 0 bridgehead atoms. The van der Waals surface area contributed by atoms with E-state index in [0.717, 1.165) is 24.8 Å². The Morgan fingerprint density at radius 2 is 2.21 bits per heavy atom. The van der Waals surface area contributed by atoms with E-state index in [9.17, 15) is 4.79 Å². The molecule has 0 aromatic carbocycles. The zero-order chi connectivity index (χ0) is 20.0. The fraction of sp³-hybridized carbons (Fsp3) is 0.318. The smallest absolute Gasteiger partial charge is 0.255 e. The van der Waals surface area contributed by atoms with Crippen LogP contribution in [0.4, 0.5) is 0 Å². The summed E-state index contributed by atoms with van der Waals surface area (Å²) in [6.07, 6.45) is 5.39. The fourth-order valence-corrected chi connectivity index (χ4v) is 4.94. The van der Waals surface area contributed by atoms with Gasteiger partial charge in [-0.25, -0.2) is 9.67 Å². The summed E-state index contributed by atoms with van der Waals surface area (Å²) in [6.45, 7) is 4.88. The van der Waals surface area contributed by atoms with Crippen LogP contribution in [0.1, 0.15) is 54.0 Å². The molecule has 1 unspecified atom stereocenters. The van der Waals surface area contributed by atoms with Crippen LogP contribution in [0, 0.1) is 0 Å². The van der Waals surface area contributed by atoms with Gasteiger partial charge in [-0.05, 0) is 56.3 Å². The van der Waals surface area contributed by atoms with Gasteiger partial charge in [-0.3, -0.25) is 4.79 Å². The first-order chi connectivity index (χ1) is 14.1. The van der Waals surface area contributed by atoms with Crippen molar-refractivity contribution >= 4 is 28.3 Å². The number of rotatable bonds is 4. The Hall–Kier alpha value is -2.93. The molecule has 4 aromatic rings. The number of hydrogen-bond donors (Lipinski definition) is 0. The molecule has 0 N–H and O–H groups in total. The summed E-state index contributed by atoms with van der Waals surface area (Å²) in [6, 6.07) is 9.98. The molecule has 0 saturated carbocycles. The van der Waals surface area contributed by atoms with E-state index in [1.54, 1.807) is 23.8 Å². The van der Waals surface area contributed by atoms with Gasteiger partial charge in [-0.2, -0.15) is 5.10 Å². The summed E-state index contributed by atoms with van der Waals surface area (Å²) in [7, 11) is 0. The first-order valence-corrected chi connectivity index (χ1v) is 10.8. The molecule has 0 aliphatic carbocycles. The van der Waals surface area contributed by atoms with Crippen molar-refractivity contribution in [3.05, 3.63) is 58.6 Å². The summed E-state index contributed by atoms with van der Waals surface area (Å²) in [5.74, 6) is 0.679. The first-order valence-electron chi connectivity index (χ1n) is 9.90. The van der Waals surface area contributed by atoms with Crippen LogP contribution in [-0.2, 0) is 0 Å². The van der Waals surface area contributed by atoms with Crippen molar-refractivity contribution < 1.29 is 9.21 Å². The van der Waals surface area contributed by atoms with E-state index in [-0.39, 0.29) is 18.0 Å². The lowest BCUT2D eigenvalue weighted by Crippen LogP contribution is -2.30. The maximum absolute atomic E-state index is 13.7. The number of nitrogens with zero attached hydrogens (tertiary/aromatic N) is 4. The predicted octanol–water partition coefficient (Wildman–Crippen LogP) is 5.31. The van der Waals surface area contributed by atoms with Gasteiger partial charge in [0.2, 0.25) is 0 Å². The average Bonchev–Trinajstić information content (AvgIpc) is 3.52. The van der Waals surface area contributed by atoms with E-state index in [0.29, 0.717) is 22.7 Å². The maximum atomic E-state index is 13.7. The number of aromatic nitrogens is 3. The molecule has 1 atom stereocenters. The molecule has 0 spiro atoms. The lowest BCUT2D eigenvalue weighted by Gasteiger charge is -2.24. The predicted molar refractivity (Wildman–Crippen MR) is 113 cm³/mol. The average molecular weight is 407 g/mol. The molecule has 5 heterocycles. The Morgan fingerprint density at radius 1 is 1.31 bits per heavy atom. The minimum atomic E-state index is 0.0319. The molecule has 6 nitrogen and oxygen atoms in total. The Kier molecular flexibility index (Phi) is 4.47. The number of fused-ring (bicyclic) bond motifs is 1. The van der Waals surface area contributed by atoms with Gasteiger partial charge in [-0.1, -0.05) is 6.07 Å². The van der Waals surface area contributed by atoms with Gasteiger partial charge in [-0.15, -0.1) is 11.3 Å². The Bertz CT molecular complexity index is 1150. The second-order valence-electron chi connectivity index (χ2n) is 7.62. The molecule has 1 fully saturated rings. The van der Waals surface area contributed by atoms with Gasteiger partial charge in [0, 0.05) is 17.5 Å². The van der Waals surface area contributed by atoms with Gasteiger partial charge >= 0.3 is 0 Å². The normalized spacial score (nSPS) is 16.9. The Morgan fingerprint density at radius 3 is 2.93 bits per heavy atom. The van der Waals surface area contributed by atoms with Gasteiger partial charge in [0.15, 0.2) is 11.4 Å². The van der Waals surface area contributed by atoms with Crippen molar-refractivity contribution in [3.8, 4) is 11.5 Å². The summed E-state index contributed by atoms with van der Waals surface area (Å²) in [5, 5.41) is 7.37. The SMILES string of the molecule is CC(C)n1ncc2c(C(=O)N3CCCC3c3cccs3)cc(-c3ccco3)nc21. The van der Waals surface area contributed by atoms with Crippen LogP contribution in [0.25, 0.3) is 22.5 Å². The number of amides is 1. The number of pyridine rings is 1. The van der Waals surface area contributed by atoms with Gasteiger partial charge in [0.1, 0.15) is 5.69 Å². The Labute approximate surface area is 172 Å². The van der Waals surface area contributed by atoms with Crippen LogP contribution >= 0.6 is 11.3 Å². The molecule has 0 radical (unpaired) electrons. The molecule has 1 aliphatic heterocycles. The molecule has 29 heavy (non-hydrogen) atoms. The topological polar surface area (TPSA) is 64.2 Å². The van der Waals surface area contributed by atoms with Crippen molar-refractivity contribution in [3.63, 3.8) is 0 Å². The molecular formula is C22H22N4O2S. The van der Waals surface area contributed by atoms with Gasteiger partial charge in [0.05, 0.1) is 29.5 Å². The van der Waals surface area contributed by atoms with Crippen LogP contribution in [0.5, 0.6) is 0 Å². The maximum Gasteiger partial charge on any atom is 0.255 e. The molecule has 148 valence electrons. The number of carbonyl (C=O) groups is 1. The van der Waals surface area contributed by atoms with Crippen LogP contribution in [0.15, 0.2) is 52.6 Å². The zero-order valence-electron chi connectivity index (χ0n) is 16.4. The molecule has 5 rings (SSSR count). The quantitative estimate of drug-likeness (QED) is 0.461. The highest BCUT2D eigenvalue weighted by molar-refractivity contribution is 7.10. The number of likely N-dealkylation sites (tertiary alicyclic amines) is 1. The number of carbonyl (C=O) groups excluding carboxylic acids is 1. The van der Waals surface area contributed by atoms with Crippen molar-refractivity contribution in [2.45, 2.75) is 38.8 Å². The van der Waals surface area contributed by atoms with Crippen molar-refractivity contribution in [2.24, 2.45) is 0 Å². The second-order valence-corrected chi connectivity index (χ2v) is 8.60. The minimum Gasteiger partial charge on any atom is -0.463 e. The number of furan rings is 1. The molecule has 4 aromatic heterocycles. The van der Waals surface area contributed by atoms with Gasteiger partial charge < -0.3 is 9.32 Å². The summed E-state index contributed by atoms with van der Waals surface area (Å²) >= 11 is 1.71. The summed E-state index contributed by atoms with van der Waals surface area (Å²) in [5.41, 5.74) is 2.00. The van der Waals surface area contributed by atoms with E-state index >= 15 is 0 Å². The summed E-state index contributed by atoms with van der Waals surface area (Å²) in [4.78, 5) is 21.7. The zero-order valence-corrected chi connectivity index (χ0v) is 17.2. The lowest BCUT2D eigenvalue weighted by atomic mass is 10.1. The number of hydrogen-bond acceptors (Lipinski definition) is 5. The molecule has 7 heteroatoms. The third-order valence-electron chi connectivity index (χ3n) is 5.45. The molecular weight excluding hydrogens is 384 g/mol. The fourth-order valence-electron chi connectivity index (χ4n) is 4.06. The highest BCUT2D eigenvalue weighted by atomic mass is 32.1. The van der Waals surface area contributed by atoms with Gasteiger partial charge in [0.25, 0.3) is 5.91 Å². The van der Waals surface area contributed by atoms with Crippen molar-refractivity contribution in [1.29, 1.82) is 0 Å². The standard InChI is InChI=1S/C22H22N4O2S/c1-14(2)26-21-16(13-23-26)15(12-17(24-21)19-7-4-10-28-19)22(27)25-9-3-6-18(25)20-8-5-11-29-20/h4-5,7-8,10-14,18H,3,6,9H2,1-2H3. The molecule has 1 aliphatic rings. The third kappa shape index (κ3) is 3.06. The highest BCUT2D eigenvalue weighted by Gasteiger charge is 2.33. The molecule has 1 saturated heterocycles. The Balaban J connectivity index is 1.64. The lowest BCUT2D eigenvalue weighted by molar-refractivity contribution is 0.0740. The van der Waals surface area contributed by atoms with E-state index in [4.69, 9.17) is 9.40 Å². The monoisotopic (exact) mass is 406 g/mol. The molecule has 1 amide bonds. The van der Waals surface area contributed by atoms with Crippen LogP contribution in [-0.4, -0.2) is 32.1 Å². The van der Waals surface area contributed by atoms with Crippen LogP contribution in [0.2, 0.25) is 0 Å². The minimum absolute atomic E-state index is 0.0319. The van der Waals surface area contributed by atoms with Crippen LogP contribution in [0.3, 0.4) is 0 Å². The van der Waals surface area contributed by atoms with Crippen molar-refractivity contribution in [1.82, 2.24) is 19.7 Å². The largest absolute Gasteiger partial charge is 0.463 e. The van der Waals surface area contributed by atoms with E-state index < -0.39 is 0 Å². The van der Waals surface area contributed by atoms with Crippen molar-refractivity contribution in [2.75, 3.05) is 6.54 Å². The summed E-state index contributed by atoms with van der Waals surface area (Å²) < 4.78 is 7.43. The third-order valence-corrected chi connectivity index (χ3v) is 6.42. The van der Waals surface area contributed by atoms with Crippen LogP contribution < -0.4 is 0 Å². The second kappa shape index (κ2) is 7.15. The van der Waals surface area contributed by atoms with E-state index in [1.807, 2.05) is 33.8 Å². The number of thiophene rings is 1.